The third-order valence-corrected chi connectivity index (χ3v) is 8.59. The van der Waals surface area contributed by atoms with Crippen LogP contribution in [0.3, 0.4) is 0 Å². The maximum absolute atomic E-state index is 13.7. The first-order chi connectivity index (χ1) is 19.4. The summed E-state index contributed by atoms with van der Waals surface area (Å²) < 4.78 is 17.0. The number of carbonyl (C=O) groups excluding carboxylic acids is 2. The molecule has 2 heterocycles. The number of rotatable bonds is 7. The maximum Gasteiger partial charge on any atom is 0.337 e. The van der Waals surface area contributed by atoms with Gasteiger partial charge in [0.15, 0.2) is 0 Å². The summed E-state index contributed by atoms with van der Waals surface area (Å²) in [5.74, 6) is 1.31. The van der Waals surface area contributed by atoms with Crippen LogP contribution in [0.5, 0.6) is 5.75 Å². The normalized spacial score (nSPS) is 16.8. The molecule has 0 radical (unpaired) electrons. The van der Waals surface area contributed by atoms with E-state index in [0.717, 1.165) is 48.3 Å². The van der Waals surface area contributed by atoms with Crippen LogP contribution in [0.4, 0.5) is 11.4 Å². The largest absolute Gasteiger partial charge is 0.489 e. The first-order valence-electron chi connectivity index (χ1n) is 13.1. The molecule has 0 bridgehead atoms. The minimum atomic E-state index is -0.567. The van der Waals surface area contributed by atoms with E-state index in [0.29, 0.717) is 44.2 Å². The van der Waals surface area contributed by atoms with Crippen molar-refractivity contribution in [3.05, 3.63) is 93.2 Å². The number of anilines is 2. The Bertz CT molecular complexity index is 1670. The molecule has 0 N–H and O–H groups in total. The number of ether oxygens (including phenoxy) is 2. The van der Waals surface area contributed by atoms with Crippen LogP contribution in [-0.4, -0.2) is 24.1 Å². The maximum atomic E-state index is 13.7. The van der Waals surface area contributed by atoms with Gasteiger partial charge in [0.05, 0.1) is 39.4 Å². The Morgan fingerprint density at radius 1 is 1.07 bits per heavy atom. The molecule has 4 aromatic rings. The summed E-state index contributed by atoms with van der Waals surface area (Å²) in [7, 11) is 1.34. The summed E-state index contributed by atoms with van der Waals surface area (Å²) in [5, 5.41) is 5.33. The summed E-state index contributed by atoms with van der Waals surface area (Å²) >= 11 is 13.0. The number of carbonyl (C=O) groups is 2. The van der Waals surface area contributed by atoms with Gasteiger partial charge in [0.1, 0.15) is 23.8 Å². The molecule has 7 nitrogen and oxygen atoms in total. The van der Waals surface area contributed by atoms with Crippen LogP contribution >= 0.6 is 23.2 Å². The molecule has 1 aliphatic heterocycles. The predicted molar refractivity (Wildman–Crippen MR) is 151 cm³/mol. The average Bonchev–Trinajstić information content (AvgIpc) is 3.89. The van der Waals surface area contributed by atoms with Gasteiger partial charge in [-0.25, -0.2) is 4.79 Å². The van der Waals surface area contributed by atoms with Crippen molar-refractivity contribution in [2.45, 2.75) is 43.6 Å². The Morgan fingerprint density at radius 2 is 1.82 bits per heavy atom. The number of methoxy groups -OCH3 is 1. The van der Waals surface area contributed by atoms with E-state index < -0.39 is 11.4 Å². The lowest BCUT2D eigenvalue weighted by Crippen LogP contribution is -2.28. The van der Waals surface area contributed by atoms with Crippen molar-refractivity contribution in [3.63, 3.8) is 0 Å². The van der Waals surface area contributed by atoms with E-state index in [1.165, 1.54) is 7.11 Å². The number of hydrogen-bond acceptors (Lipinski definition) is 6. The van der Waals surface area contributed by atoms with Crippen molar-refractivity contribution in [1.29, 1.82) is 0 Å². The summed E-state index contributed by atoms with van der Waals surface area (Å²) in [5.41, 5.74) is 4.22. The Balaban J connectivity index is 1.21. The minimum absolute atomic E-state index is 0.00682. The molecule has 0 atom stereocenters. The lowest BCUT2D eigenvalue weighted by molar-refractivity contribution is -0.119. The molecule has 2 fully saturated rings. The molecular weight excluding hydrogens is 551 g/mol. The van der Waals surface area contributed by atoms with E-state index in [1.807, 2.05) is 24.3 Å². The van der Waals surface area contributed by atoms with Crippen molar-refractivity contribution in [1.82, 2.24) is 5.16 Å². The number of esters is 1. The average molecular weight is 575 g/mol. The van der Waals surface area contributed by atoms with Crippen molar-refractivity contribution in [2.75, 3.05) is 12.0 Å². The fourth-order valence-corrected chi connectivity index (χ4v) is 6.16. The van der Waals surface area contributed by atoms with Crippen molar-refractivity contribution >= 4 is 46.5 Å². The number of aromatic nitrogens is 1. The van der Waals surface area contributed by atoms with E-state index in [-0.39, 0.29) is 12.5 Å². The number of fused-ring (bicyclic) bond motifs is 2. The topological polar surface area (TPSA) is 81.9 Å². The second kappa shape index (κ2) is 9.39. The molecule has 1 spiro atoms. The molecule has 40 heavy (non-hydrogen) atoms. The van der Waals surface area contributed by atoms with Gasteiger partial charge >= 0.3 is 5.97 Å². The molecule has 202 valence electrons. The molecule has 3 aliphatic rings. The van der Waals surface area contributed by atoms with Gasteiger partial charge in [-0.15, -0.1) is 0 Å². The SMILES string of the molecule is COC(=O)c1cccc(N2C(=O)C3(CC3)c3cc(OCc4c(-c5c(Cl)cccc5Cl)noc4C4CC4)ccc32)c1. The summed E-state index contributed by atoms with van der Waals surface area (Å²) in [6.07, 6.45) is 3.60. The fourth-order valence-electron chi connectivity index (χ4n) is 5.58. The Kier molecular flexibility index (Phi) is 5.91. The number of benzene rings is 3. The summed E-state index contributed by atoms with van der Waals surface area (Å²) in [6.45, 7) is 0.219. The van der Waals surface area contributed by atoms with Gasteiger partial charge in [0.25, 0.3) is 0 Å². The van der Waals surface area contributed by atoms with E-state index >= 15 is 0 Å². The number of nitrogens with zero attached hydrogens (tertiary/aromatic N) is 2. The molecule has 0 saturated heterocycles. The number of amides is 1. The van der Waals surface area contributed by atoms with Gasteiger partial charge in [0, 0.05) is 17.2 Å². The van der Waals surface area contributed by atoms with E-state index in [9.17, 15) is 9.59 Å². The summed E-state index contributed by atoms with van der Waals surface area (Å²) in [6, 6.07) is 18.0. The molecule has 1 aromatic heterocycles. The van der Waals surface area contributed by atoms with Crippen LogP contribution in [0, 0.1) is 0 Å². The Morgan fingerprint density at radius 3 is 2.52 bits per heavy atom. The standard InChI is InChI=1S/C31H24Cl2N2O5/c1-38-29(36)18-4-2-5-19(14-18)35-25-11-10-20(15-22(25)31(12-13-31)30(35)37)39-16-21-27(34-40-28(21)17-8-9-17)26-23(32)6-3-7-24(26)33/h2-7,10-11,14-15,17H,8-9,12-13,16H2,1H3. The minimum Gasteiger partial charge on any atom is -0.489 e. The van der Waals surface area contributed by atoms with Crippen LogP contribution in [0.2, 0.25) is 10.0 Å². The van der Waals surface area contributed by atoms with E-state index in [2.05, 4.69) is 5.16 Å². The zero-order chi connectivity index (χ0) is 27.6. The zero-order valence-electron chi connectivity index (χ0n) is 21.6. The van der Waals surface area contributed by atoms with Crippen molar-refractivity contribution < 1.29 is 23.6 Å². The highest BCUT2D eigenvalue weighted by Crippen LogP contribution is 2.59. The van der Waals surface area contributed by atoms with Crippen LogP contribution in [-0.2, 0) is 21.6 Å². The lowest BCUT2D eigenvalue weighted by atomic mass is 9.98. The predicted octanol–water partition coefficient (Wildman–Crippen LogP) is 7.60. The molecule has 7 rings (SSSR count). The molecule has 1 amide bonds. The highest BCUT2D eigenvalue weighted by molar-refractivity contribution is 6.39. The highest BCUT2D eigenvalue weighted by Gasteiger charge is 2.59. The molecule has 2 aliphatic carbocycles. The molecular formula is C31H24Cl2N2O5. The van der Waals surface area contributed by atoms with Crippen LogP contribution in [0.25, 0.3) is 11.3 Å². The van der Waals surface area contributed by atoms with Gasteiger partial charge in [-0.05, 0) is 79.8 Å². The van der Waals surface area contributed by atoms with Crippen LogP contribution < -0.4 is 9.64 Å². The third-order valence-electron chi connectivity index (χ3n) is 7.96. The number of halogens is 2. The second-order valence-electron chi connectivity index (χ2n) is 10.5. The van der Waals surface area contributed by atoms with E-state index in [1.54, 1.807) is 41.3 Å². The van der Waals surface area contributed by atoms with Crippen LogP contribution in [0.15, 0.2) is 65.2 Å². The second-order valence-corrected chi connectivity index (χ2v) is 11.3. The first kappa shape index (κ1) is 25.2. The van der Waals surface area contributed by atoms with Crippen molar-refractivity contribution in [3.8, 4) is 17.0 Å². The Labute approximate surface area is 240 Å². The van der Waals surface area contributed by atoms with Gasteiger partial charge in [-0.1, -0.05) is 40.5 Å². The third kappa shape index (κ3) is 3.99. The monoisotopic (exact) mass is 574 g/mol. The van der Waals surface area contributed by atoms with Gasteiger partial charge < -0.3 is 14.0 Å². The van der Waals surface area contributed by atoms with E-state index in [4.69, 9.17) is 37.2 Å². The van der Waals surface area contributed by atoms with Crippen LogP contribution in [0.1, 0.15) is 58.8 Å². The quantitative estimate of drug-likeness (QED) is 0.211. The molecule has 2 saturated carbocycles. The molecule has 3 aromatic carbocycles. The van der Waals surface area contributed by atoms with Gasteiger partial charge in [-0.3, -0.25) is 9.69 Å². The molecule has 9 heteroatoms. The highest BCUT2D eigenvalue weighted by atomic mass is 35.5. The smallest absolute Gasteiger partial charge is 0.337 e. The lowest BCUT2D eigenvalue weighted by Gasteiger charge is -2.19. The van der Waals surface area contributed by atoms with Crippen molar-refractivity contribution in [2.24, 2.45) is 0 Å². The first-order valence-corrected chi connectivity index (χ1v) is 13.9. The molecule has 0 unspecified atom stereocenters. The summed E-state index contributed by atoms with van der Waals surface area (Å²) in [4.78, 5) is 27.5. The zero-order valence-corrected chi connectivity index (χ0v) is 23.1. The van der Waals surface area contributed by atoms with Gasteiger partial charge in [-0.2, -0.15) is 0 Å². The Hall–Kier alpha value is -3.81. The van der Waals surface area contributed by atoms with Gasteiger partial charge in [0.2, 0.25) is 5.91 Å². The fraction of sp³-hybridized carbons (Fsp3) is 0.258. The number of hydrogen-bond donors (Lipinski definition) is 0.